The quantitative estimate of drug-likeness (QED) is 0.675. The summed E-state index contributed by atoms with van der Waals surface area (Å²) in [5.41, 5.74) is 0.789. The second-order valence-corrected chi connectivity index (χ2v) is 6.95. The molecule has 2 atom stereocenters. The fourth-order valence-corrected chi connectivity index (χ4v) is 3.36. The number of methoxy groups -OCH3 is 1. The van der Waals surface area contributed by atoms with Gasteiger partial charge in [0.05, 0.1) is 12.8 Å². The zero-order valence-corrected chi connectivity index (χ0v) is 16.2. The lowest BCUT2D eigenvalue weighted by atomic mass is 10.2. The molecule has 2 heterocycles. The molecule has 26 heavy (non-hydrogen) atoms. The molecular weight excluding hydrogens is 377 g/mol. The standard InChI is InChI=1S/C18H21Cl2N3O3/c1-3-4-5-16-21-15(20)11-22(16)17-10-14(18(24)25-2)26-23(17)13-8-6-12(19)7-9-13/h6-9,11,14,17H,3-5,10H2,1-2H3. The van der Waals surface area contributed by atoms with E-state index in [1.54, 1.807) is 23.4 Å². The lowest BCUT2D eigenvalue weighted by Gasteiger charge is -2.26. The third-order valence-electron chi connectivity index (χ3n) is 4.34. The maximum Gasteiger partial charge on any atom is 0.337 e. The first-order valence-corrected chi connectivity index (χ1v) is 9.31. The minimum absolute atomic E-state index is 0.257. The second kappa shape index (κ2) is 8.29. The molecule has 0 spiro atoms. The molecule has 0 aliphatic carbocycles. The summed E-state index contributed by atoms with van der Waals surface area (Å²) in [6, 6.07) is 7.25. The van der Waals surface area contributed by atoms with Crippen molar-refractivity contribution < 1.29 is 14.4 Å². The first-order chi connectivity index (χ1) is 12.5. The highest BCUT2D eigenvalue weighted by atomic mass is 35.5. The fourth-order valence-electron chi connectivity index (χ4n) is 3.03. The maximum absolute atomic E-state index is 12.0. The van der Waals surface area contributed by atoms with Gasteiger partial charge in [-0.1, -0.05) is 36.5 Å². The van der Waals surface area contributed by atoms with Crippen LogP contribution in [0.5, 0.6) is 0 Å². The first kappa shape index (κ1) is 19.0. The average molecular weight is 398 g/mol. The van der Waals surface area contributed by atoms with Crippen LogP contribution in [0.1, 0.15) is 38.2 Å². The molecule has 2 unspecified atom stereocenters. The van der Waals surface area contributed by atoms with Gasteiger partial charge in [-0.25, -0.2) is 14.8 Å². The first-order valence-electron chi connectivity index (χ1n) is 8.56. The largest absolute Gasteiger partial charge is 0.467 e. The summed E-state index contributed by atoms with van der Waals surface area (Å²) in [6.07, 6.45) is 4.12. The third kappa shape index (κ3) is 3.98. The van der Waals surface area contributed by atoms with Crippen LogP contribution < -0.4 is 5.06 Å². The Labute approximate surface area is 162 Å². The van der Waals surface area contributed by atoms with Crippen LogP contribution in [0.25, 0.3) is 0 Å². The molecule has 140 valence electrons. The van der Waals surface area contributed by atoms with Gasteiger partial charge >= 0.3 is 5.97 Å². The Morgan fingerprint density at radius 1 is 1.35 bits per heavy atom. The Balaban J connectivity index is 1.96. The number of imidazole rings is 1. The summed E-state index contributed by atoms with van der Waals surface area (Å²) in [5, 5.41) is 2.75. The molecule has 6 nitrogen and oxygen atoms in total. The summed E-state index contributed by atoms with van der Waals surface area (Å²) in [4.78, 5) is 22.4. The number of benzene rings is 1. The van der Waals surface area contributed by atoms with Gasteiger partial charge in [0.15, 0.2) is 6.10 Å². The topological polar surface area (TPSA) is 56.6 Å². The minimum Gasteiger partial charge on any atom is -0.467 e. The van der Waals surface area contributed by atoms with Gasteiger partial charge in [-0.3, -0.25) is 4.84 Å². The maximum atomic E-state index is 12.0. The van der Waals surface area contributed by atoms with Crippen LogP contribution in [-0.4, -0.2) is 28.7 Å². The van der Waals surface area contributed by atoms with Gasteiger partial charge in [-0.05, 0) is 30.7 Å². The number of carbonyl (C=O) groups excluding carboxylic acids is 1. The van der Waals surface area contributed by atoms with Crippen molar-refractivity contribution in [2.45, 2.75) is 44.9 Å². The number of ether oxygens (including phenoxy) is 1. The summed E-state index contributed by atoms with van der Waals surface area (Å²) < 4.78 is 6.84. The van der Waals surface area contributed by atoms with E-state index in [-0.39, 0.29) is 6.17 Å². The highest BCUT2D eigenvalue weighted by molar-refractivity contribution is 6.30. The van der Waals surface area contributed by atoms with Crippen molar-refractivity contribution in [1.82, 2.24) is 9.55 Å². The van der Waals surface area contributed by atoms with E-state index in [9.17, 15) is 4.79 Å². The number of anilines is 1. The van der Waals surface area contributed by atoms with Crippen LogP contribution in [0.3, 0.4) is 0 Å². The van der Waals surface area contributed by atoms with E-state index in [0.29, 0.717) is 16.6 Å². The average Bonchev–Trinajstić information content (AvgIpc) is 3.23. The molecule has 1 aromatic heterocycles. The Morgan fingerprint density at radius 3 is 2.73 bits per heavy atom. The molecule has 0 radical (unpaired) electrons. The Kier molecular flexibility index (Phi) is 6.06. The van der Waals surface area contributed by atoms with Crippen LogP contribution in [0.4, 0.5) is 5.69 Å². The van der Waals surface area contributed by atoms with Crippen LogP contribution in [0, 0.1) is 0 Å². The molecule has 8 heteroatoms. The normalized spacial score (nSPS) is 19.8. The summed E-state index contributed by atoms with van der Waals surface area (Å²) in [6.45, 7) is 2.13. The number of unbranched alkanes of at least 4 members (excludes halogenated alkanes) is 1. The molecule has 1 saturated heterocycles. The van der Waals surface area contributed by atoms with Crippen molar-refractivity contribution in [3.8, 4) is 0 Å². The van der Waals surface area contributed by atoms with Gasteiger partial charge in [0, 0.05) is 24.1 Å². The molecule has 0 N–H and O–H groups in total. The van der Waals surface area contributed by atoms with Crippen LogP contribution in [0.15, 0.2) is 30.5 Å². The van der Waals surface area contributed by atoms with Gasteiger partial charge in [0.25, 0.3) is 0 Å². The minimum atomic E-state index is -0.694. The number of aryl methyl sites for hydroxylation is 1. The van der Waals surface area contributed by atoms with E-state index in [0.717, 1.165) is 30.8 Å². The van der Waals surface area contributed by atoms with Gasteiger partial charge in [-0.2, -0.15) is 0 Å². The highest BCUT2D eigenvalue weighted by Crippen LogP contribution is 2.37. The fraction of sp³-hybridized carbons (Fsp3) is 0.444. The predicted molar refractivity (Wildman–Crippen MR) is 100 cm³/mol. The summed E-state index contributed by atoms with van der Waals surface area (Å²) >= 11 is 12.2. The molecule has 3 rings (SSSR count). The molecule has 1 aromatic carbocycles. The summed E-state index contributed by atoms with van der Waals surface area (Å²) in [5.74, 6) is 0.461. The predicted octanol–water partition coefficient (Wildman–Crippen LogP) is 4.41. The van der Waals surface area contributed by atoms with Gasteiger partial charge < -0.3 is 9.30 Å². The monoisotopic (exact) mass is 397 g/mol. The molecule has 0 saturated carbocycles. The molecule has 1 fully saturated rings. The smallest absolute Gasteiger partial charge is 0.337 e. The number of aromatic nitrogens is 2. The van der Waals surface area contributed by atoms with E-state index >= 15 is 0 Å². The highest BCUT2D eigenvalue weighted by Gasteiger charge is 2.40. The number of hydrogen-bond acceptors (Lipinski definition) is 5. The van der Waals surface area contributed by atoms with E-state index in [2.05, 4.69) is 11.9 Å². The third-order valence-corrected chi connectivity index (χ3v) is 4.77. The lowest BCUT2D eigenvalue weighted by Crippen LogP contribution is -2.28. The molecule has 0 amide bonds. The number of esters is 1. The lowest BCUT2D eigenvalue weighted by molar-refractivity contribution is -0.151. The van der Waals surface area contributed by atoms with Crippen LogP contribution in [0.2, 0.25) is 10.2 Å². The van der Waals surface area contributed by atoms with Crippen molar-refractivity contribution in [2.75, 3.05) is 12.2 Å². The number of carbonyl (C=O) groups is 1. The second-order valence-electron chi connectivity index (χ2n) is 6.13. The van der Waals surface area contributed by atoms with Crippen LogP contribution in [-0.2, 0) is 20.8 Å². The zero-order valence-electron chi connectivity index (χ0n) is 14.7. The van der Waals surface area contributed by atoms with Crippen molar-refractivity contribution in [3.63, 3.8) is 0 Å². The summed E-state index contributed by atoms with van der Waals surface area (Å²) in [7, 11) is 1.35. The molecule has 1 aliphatic heterocycles. The molecule has 2 aromatic rings. The molecule has 1 aliphatic rings. The molecular formula is C18H21Cl2N3O3. The Bertz CT molecular complexity index is 764. The van der Waals surface area contributed by atoms with E-state index < -0.39 is 12.1 Å². The van der Waals surface area contributed by atoms with E-state index in [1.165, 1.54) is 7.11 Å². The number of rotatable bonds is 6. The zero-order chi connectivity index (χ0) is 18.7. The van der Waals surface area contributed by atoms with Gasteiger partial charge in [0.2, 0.25) is 0 Å². The number of hydroxylamine groups is 1. The van der Waals surface area contributed by atoms with E-state index in [4.69, 9.17) is 32.8 Å². The SMILES string of the molecule is CCCCc1nc(Cl)cn1C1CC(C(=O)OC)ON1c1ccc(Cl)cc1. The number of hydrogen-bond donors (Lipinski definition) is 0. The van der Waals surface area contributed by atoms with Crippen molar-refractivity contribution in [3.05, 3.63) is 46.5 Å². The van der Waals surface area contributed by atoms with Crippen molar-refractivity contribution >= 4 is 34.9 Å². The Hall–Kier alpha value is -1.76. The van der Waals surface area contributed by atoms with Crippen LogP contribution >= 0.6 is 23.2 Å². The van der Waals surface area contributed by atoms with Crippen molar-refractivity contribution in [1.29, 1.82) is 0 Å². The van der Waals surface area contributed by atoms with Gasteiger partial charge in [0.1, 0.15) is 17.1 Å². The van der Waals surface area contributed by atoms with Crippen molar-refractivity contribution in [2.24, 2.45) is 0 Å². The molecule has 0 bridgehead atoms. The van der Waals surface area contributed by atoms with E-state index in [1.807, 2.05) is 16.7 Å². The Morgan fingerprint density at radius 2 is 2.08 bits per heavy atom. The van der Waals surface area contributed by atoms with Gasteiger partial charge in [-0.15, -0.1) is 0 Å². The number of halogens is 2. The number of nitrogens with zero attached hydrogens (tertiary/aromatic N) is 3.